The smallest absolute Gasteiger partial charge is 0.257 e. The number of nitrogens with zero attached hydrogens (tertiary/aromatic N) is 1. The summed E-state index contributed by atoms with van der Waals surface area (Å²) in [5.41, 5.74) is 1.21. The van der Waals surface area contributed by atoms with Crippen LogP contribution in [-0.2, 0) is 4.79 Å². The van der Waals surface area contributed by atoms with Crippen molar-refractivity contribution in [3.63, 3.8) is 0 Å². The topological polar surface area (TPSA) is 67.9 Å². The van der Waals surface area contributed by atoms with Crippen LogP contribution < -0.4 is 14.8 Å². The zero-order valence-corrected chi connectivity index (χ0v) is 15.6. The van der Waals surface area contributed by atoms with Crippen molar-refractivity contribution in [3.8, 4) is 11.5 Å². The summed E-state index contributed by atoms with van der Waals surface area (Å²) in [7, 11) is 3.05. The minimum atomic E-state index is -0.237. The molecule has 0 aromatic heterocycles. The first kappa shape index (κ1) is 18.8. The van der Waals surface area contributed by atoms with Gasteiger partial charge in [-0.1, -0.05) is 24.3 Å². The van der Waals surface area contributed by atoms with Gasteiger partial charge in [-0.05, 0) is 37.1 Å². The van der Waals surface area contributed by atoms with Crippen molar-refractivity contribution >= 4 is 17.5 Å². The van der Waals surface area contributed by atoms with Gasteiger partial charge in [0.2, 0.25) is 5.91 Å². The number of nitrogens with one attached hydrogen (secondary N) is 1. The zero-order chi connectivity index (χ0) is 19.2. The number of benzene rings is 2. The molecule has 1 N–H and O–H groups in total. The number of ether oxygens (including phenoxy) is 2. The van der Waals surface area contributed by atoms with E-state index in [4.69, 9.17) is 9.47 Å². The van der Waals surface area contributed by atoms with Gasteiger partial charge in [0.15, 0.2) is 11.5 Å². The number of amides is 2. The summed E-state index contributed by atoms with van der Waals surface area (Å²) in [6, 6.07) is 14.6. The molecule has 3 rings (SSSR count). The van der Waals surface area contributed by atoms with Crippen LogP contribution in [0.1, 0.15) is 23.2 Å². The fourth-order valence-electron chi connectivity index (χ4n) is 3.37. The number of anilines is 1. The minimum absolute atomic E-state index is 0.0590. The first-order valence-electron chi connectivity index (χ1n) is 9.00. The fourth-order valence-corrected chi connectivity index (χ4v) is 3.37. The van der Waals surface area contributed by atoms with E-state index >= 15 is 0 Å². The van der Waals surface area contributed by atoms with Gasteiger partial charge in [-0.2, -0.15) is 0 Å². The summed E-state index contributed by atoms with van der Waals surface area (Å²) in [6.07, 6.45) is 1.54. The zero-order valence-electron chi connectivity index (χ0n) is 15.6. The second-order valence-electron chi connectivity index (χ2n) is 6.49. The molecule has 0 aliphatic carbocycles. The number of rotatable bonds is 5. The highest BCUT2D eigenvalue weighted by atomic mass is 16.5. The molecule has 1 heterocycles. The molecule has 2 aromatic rings. The Balaban J connectivity index is 1.72. The maximum atomic E-state index is 13.0. The molecular weight excluding hydrogens is 344 g/mol. The molecule has 142 valence electrons. The van der Waals surface area contributed by atoms with Crippen LogP contribution in [-0.4, -0.2) is 44.0 Å². The fraction of sp³-hybridized carbons (Fsp3) is 0.333. The van der Waals surface area contributed by atoms with Crippen LogP contribution in [0.3, 0.4) is 0 Å². The number of hydrogen-bond acceptors (Lipinski definition) is 4. The van der Waals surface area contributed by atoms with Crippen molar-refractivity contribution in [1.82, 2.24) is 4.90 Å². The molecule has 6 heteroatoms. The van der Waals surface area contributed by atoms with Crippen molar-refractivity contribution in [1.29, 1.82) is 0 Å². The molecule has 1 fully saturated rings. The van der Waals surface area contributed by atoms with Gasteiger partial charge >= 0.3 is 0 Å². The Morgan fingerprint density at radius 3 is 2.52 bits per heavy atom. The summed E-state index contributed by atoms with van der Waals surface area (Å²) < 4.78 is 10.7. The average Bonchev–Trinajstić information content (AvgIpc) is 2.73. The van der Waals surface area contributed by atoms with E-state index in [1.807, 2.05) is 30.3 Å². The van der Waals surface area contributed by atoms with Crippen molar-refractivity contribution in [2.45, 2.75) is 12.8 Å². The lowest BCUT2D eigenvalue weighted by Gasteiger charge is -2.32. The second-order valence-corrected chi connectivity index (χ2v) is 6.49. The molecule has 2 amide bonds. The third kappa shape index (κ3) is 4.22. The maximum absolute atomic E-state index is 13.0. The molecule has 6 nitrogen and oxygen atoms in total. The Morgan fingerprint density at radius 2 is 1.81 bits per heavy atom. The van der Waals surface area contributed by atoms with E-state index in [2.05, 4.69) is 5.32 Å². The monoisotopic (exact) mass is 368 g/mol. The van der Waals surface area contributed by atoms with Crippen LogP contribution in [0.15, 0.2) is 48.5 Å². The van der Waals surface area contributed by atoms with Crippen LogP contribution in [0.5, 0.6) is 11.5 Å². The maximum Gasteiger partial charge on any atom is 0.257 e. The summed E-state index contributed by atoms with van der Waals surface area (Å²) in [5.74, 6) is 0.485. The summed E-state index contributed by atoms with van der Waals surface area (Å²) in [6.45, 7) is 1.01. The highest BCUT2D eigenvalue weighted by Crippen LogP contribution is 2.32. The number of carbonyl (C=O) groups is 2. The first-order valence-corrected chi connectivity index (χ1v) is 9.00. The van der Waals surface area contributed by atoms with E-state index in [0.29, 0.717) is 30.2 Å². The third-order valence-corrected chi connectivity index (χ3v) is 4.75. The average molecular weight is 368 g/mol. The number of methoxy groups -OCH3 is 2. The first-order chi connectivity index (χ1) is 13.1. The van der Waals surface area contributed by atoms with Gasteiger partial charge in [0.1, 0.15) is 0 Å². The number of likely N-dealkylation sites (tertiary alicyclic amines) is 1. The van der Waals surface area contributed by atoms with Gasteiger partial charge < -0.3 is 19.7 Å². The highest BCUT2D eigenvalue weighted by molar-refractivity contribution is 5.99. The lowest BCUT2D eigenvalue weighted by molar-refractivity contribution is -0.121. The molecule has 0 radical (unpaired) electrons. The molecule has 1 aliphatic rings. The quantitative estimate of drug-likeness (QED) is 0.880. The second kappa shape index (κ2) is 8.58. The molecule has 2 aromatic carbocycles. The van der Waals surface area contributed by atoms with E-state index < -0.39 is 0 Å². The number of para-hydroxylation sites is 2. The summed E-state index contributed by atoms with van der Waals surface area (Å²) >= 11 is 0. The van der Waals surface area contributed by atoms with Crippen molar-refractivity contribution < 1.29 is 19.1 Å². The van der Waals surface area contributed by atoms with Gasteiger partial charge in [-0.3, -0.25) is 9.59 Å². The molecule has 0 bridgehead atoms. The van der Waals surface area contributed by atoms with Gasteiger partial charge in [0, 0.05) is 18.8 Å². The van der Waals surface area contributed by atoms with E-state index in [1.54, 1.807) is 23.1 Å². The predicted octanol–water partition coefficient (Wildman–Crippen LogP) is 3.19. The molecule has 0 spiro atoms. The van der Waals surface area contributed by atoms with E-state index in [1.165, 1.54) is 14.2 Å². The Kier molecular flexibility index (Phi) is 5.96. The predicted molar refractivity (Wildman–Crippen MR) is 103 cm³/mol. The summed E-state index contributed by atoms with van der Waals surface area (Å²) in [4.78, 5) is 27.4. The van der Waals surface area contributed by atoms with Crippen LogP contribution in [0.4, 0.5) is 5.69 Å². The van der Waals surface area contributed by atoms with E-state index in [0.717, 1.165) is 18.5 Å². The third-order valence-electron chi connectivity index (χ3n) is 4.75. The van der Waals surface area contributed by atoms with Gasteiger partial charge in [-0.25, -0.2) is 0 Å². The largest absolute Gasteiger partial charge is 0.493 e. The Morgan fingerprint density at radius 1 is 1.04 bits per heavy atom. The molecule has 27 heavy (non-hydrogen) atoms. The Hall–Kier alpha value is -3.02. The lowest BCUT2D eigenvalue weighted by atomic mass is 9.96. The number of hydrogen-bond donors (Lipinski definition) is 1. The van der Waals surface area contributed by atoms with Gasteiger partial charge in [-0.15, -0.1) is 0 Å². The minimum Gasteiger partial charge on any atom is -0.493 e. The van der Waals surface area contributed by atoms with Crippen LogP contribution >= 0.6 is 0 Å². The molecule has 1 unspecified atom stereocenters. The van der Waals surface area contributed by atoms with Crippen LogP contribution in [0, 0.1) is 5.92 Å². The van der Waals surface area contributed by atoms with Crippen molar-refractivity contribution in [2.75, 3.05) is 32.6 Å². The molecular formula is C21H24N2O4. The van der Waals surface area contributed by atoms with Crippen molar-refractivity contribution in [3.05, 3.63) is 54.1 Å². The number of piperidine rings is 1. The summed E-state index contributed by atoms with van der Waals surface area (Å²) in [5, 5.41) is 2.93. The van der Waals surface area contributed by atoms with E-state index in [9.17, 15) is 9.59 Å². The number of carbonyl (C=O) groups excluding carboxylic acids is 2. The Labute approximate surface area is 159 Å². The normalized spacial score (nSPS) is 16.5. The lowest BCUT2D eigenvalue weighted by Crippen LogP contribution is -2.43. The van der Waals surface area contributed by atoms with E-state index in [-0.39, 0.29) is 17.7 Å². The molecule has 1 atom stereocenters. The molecule has 0 saturated carbocycles. The van der Waals surface area contributed by atoms with Crippen LogP contribution in [0.2, 0.25) is 0 Å². The highest BCUT2D eigenvalue weighted by Gasteiger charge is 2.30. The SMILES string of the molecule is COc1cccc(C(=O)N2CCCC(C(=O)Nc3ccccc3)C2)c1OC. The van der Waals surface area contributed by atoms with Gasteiger partial charge in [0.05, 0.1) is 25.7 Å². The molecule has 1 aliphatic heterocycles. The molecule has 1 saturated heterocycles. The van der Waals surface area contributed by atoms with Crippen molar-refractivity contribution in [2.24, 2.45) is 5.92 Å². The van der Waals surface area contributed by atoms with Gasteiger partial charge in [0.25, 0.3) is 5.91 Å². The standard InChI is InChI=1S/C21H24N2O4/c1-26-18-12-6-11-17(19(18)27-2)21(25)23-13-7-8-15(14-23)20(24)22-16-9-4-3-5-10-16/h3-6,9-12,15H,7-8,13-14H2,1-2H3,(H,22,24). The Bertz CT molecular complexity index is 807. The van der Waals surface area contributed by atoms with Crippen LogP contribution in [0.25, 0.3) is 0 Å².